The molecule has 0 amide bonds. The van der Waals surface area contributed by atoms with Gasteiger partial charge in [-0.1, -0.05) is 30.4 Å². The minimum Gasteiger partial charge on any atom is -0.207 e. The van der Waals surface area contributed by atoms with Crippen molar-refractivity contribution in [1.29, 1.82) is 0 Å². The van der Waals surface area contributed by atoms with Crippen molar-refractivity contribution >= 4 is 16.8 Å². The smallest absolute Gasteiger partial charge is 0.207 e. The highest BCUT2D eigenvalue weighted by atomic mass is 19.4. The van der Waals surface area contributed by atoms with Crippen molar-refractivity contribution in [3.63, 3.8) is 0 Å². The molecule has 1 aliphatic rings. The van der Waals surface area contributed by atoms with E-state index in [0.29, 0.717) is 6.07 Å². The van der Waals surface area contributed by atoms with E-state index in [-0.39, 0.29) is 18.1 Å². The molecule has 1 aliphatic carbocycles. The number of rotatable bonds is 2. The molecule has 4 aromatic carbocycles. The van der Waals surface area contributed by atoms with Gasteiger partial charge in [-0.15, -0.1) is 0 Å². The van der Waals surface area contributed by atoms with Crippen molar-refractivity contribution in [2.75, 3.05) is 0 Å². The first-order chi connectivity index (χ1) is 18.8. The van der Waals surface area contributed by atoms with Gasteiger partial charge in [-0.25, -0.2) is 39.5 Å². The summed E-state index contributed by atoms with van der Waals surface area (Å²) in [5, 5.41) is -1.17. The lowest BCUT2D eigenvalue weighted by molar-refractivity contribution is -0.143. The minimum atomic E-state index is -5.84. The molecule has 4 aromatic rings. The van der Waals surface area contributed by atoms with Gasteiger partial charge in [-0.2, -0.15) is 13.2 Å². The normalized spacial score (nSPS) is 13.2. The Hall–Kier alpha value is -4.22. The Bertz CT molecular complexity index is 1740. The molecular weight excluding hydrogens is 564 g/mol. The molecule has 0 aliphatic heterocycles. The first kappa shape index (κ1) is 27.4. The second-order valence-electron chi connectivity index (χ2n) is 8.67. The van der Waals surface area contributed by atoms with E-state index in [4.69, 9.17) is 0 Å². The lowest BCUT2D eigenvalue weighted by atomic mass is 9.81. The van der Waals surface area contributed by atoms with Gasteiger partial charge < -0.3 is 0 Å². The predicted molar refractivity (Wildman–Crippen MR) is 121 cm³/mol. The zero-order valence-corrected chi connectivity index (χ0v) is 19.4. The van der Waals surface area contributed by atoms with Crippen LogP contribution in [0.1, 0.15) is 16.7 Å². The molecule has 0 bridgehead atoms. The number of alkyl halides is 3. The van der Waals surface area contributed by atoms with Crippen LogP contribution < -0.4 is 0 Å². The molecule has 0 heterocycles. The highest BCUT2D eigenvalue weighted by Crippen LogP contribution is 2.48. The van der Waals surface area contributed by atoms with Gasteiger partial charge in [0.15, 0.2) is 46.5 Å². The SMILES string of the molecule is Fc1ccc2c(-c3c(F)c(F)cc(F)c3F)c3c(c(-c4c(F)c(F)c(C(F)(F)F)c(F)c4F)c2c1)C=CC=CC3. The highest BCUT2D eigenvalue weighted by molar-refractivity contribution is 6.10. The number of fused-ring (bicyclic) bond motifs is 2. The molecule has 0 saturated heterocycles. The van der Waals surface area contributed by atoms with Crippen molar-refractivity contribution in [2.45, 2.75) is 12.6 Å². The summed E-state index contributed by atoms with van der Waals surface area (Å²) in [5.74, 6) is -19.1. The number of benzene rings is 4. The van der Waals surface area contributed by atoms with Gasteiger partial charge in [0.25, 0.3) is 0 Å². The molecule has 0 unspecified atom stereocenters. The third kappa shape index (κ3) is 4.04. The van der Waals surface area contributed by atoms with E-state index in [9.17, 15) is 35.1 Å². The molecule has 0 N–H and O–H groups in total. The lowest BCUT2D eigenvalue weighted by Crippen LogP contribution is -2.16. The van der Waals surface area contributed by atoms with Gasteiger partial charge in [0.2, 0.25) is 0 Å². The Morgan fingerprint density at radius 1 is 0.550 bits per heavy atom. The first-order valence-electron chi connectivity index (χ1n) is 11.1. The Labute approximate surface area is 216 Å². The van der Waals surface area contributed by atoms with Gasteiger partial charge in [0, 0.05) is 11.6 Å². The maximum Gasteiger partial charge on any atom is 0.422 e. The second-order valence-corrected chi connectivity index (χ2v) is 8.67. The third-order valence-electron chi connectivity index (χ3n) is 6.41. The Morgan fingerprint density at radius 3 is 1.70 bits per heavy atom. The van der Waals surface area contributed by atoms with Crippen LogP contribution in [0.3, 0.4) is 0 Å². The van der Waals surface area contributed by atoms with E-state index in [1.807, 2.05) is 0 Å². The molecular formula is C28H10F12. The average molecular weight is 574 g/mol. The van der Waals surface area contributed by atoms with Crippen LogP contribution in [0.2, 0.25) is 0 Å². The predicted octanol–water partition coefficient (Wildman–Crippen LogP) is 9.57. The van der Waals surface area contributed by atoms with Crippen molar-refractivity contribution in [2.24, 2.45) is 0 Å². The topological polar surface area (TPSA) is 0 Å². The van der Waals surface area contributed by atoms with E-state index < -0.39 is 103 Å². The summed E-state index contributed by atoms with van der Waals surface area (Å²) in [6.45, 7) is 0. The molecule has 0 radical (unpaired) electrons. The van der Waals surface area contributed by atoms with Crippen LogP contribution in [0.15, 0.2) is 42.5 Å². The van der Waals surface area contributed by atoms with E-state index in [2.05, 4.69) is 0 Å². The molecule has 0 spiro atoms. The summed E-state index contributed by atoms with van der Waals surface area (Å²) < 4.78 is 172. The van der Waals surface area contributed by atoms with Gasteiger partial charge in [0.1, 0.15) is 11.4 Å². The van der Waals surface area contributed by atoms with E-state index in [1.54, 1.807) is 0 Å². The van der Waals surface area contributed by atoms with Crippen molar-refractivity contribution in [3.8, 4) is 22.3 Å². The van der Waals surface area contributed by atoms with Gasteiger partial charge in [0.05, 0.1) is 11.1 Å². The number of halogens is 12. The van der Waals surface area contributed by atoms with E-state index in [0.717, 1.165) is 18.2 Å². The van der Waals surface area contributed by atoms with E-state index >= 15 is 17.6 Å². The van der Waals surface area contributed by atoms with Crippen LogP contribution in [0, 0.1) is 52.4 Å². The Kier molecular flexibility index (Phi) is 6.47. The molecule has 0 saturated carbocycles. The van der Waals surface area contributed by atoms with Crippen molar-refractivity contribution in [3.05, 3.63) is 112 Å². The monoisotopic (exact) mass is 574 g/mol. The van der Waals surface area contributed by atoms with Crippen LogP contribution >= 0.6 is 0 Å². The summed E-state index contributed by atoms with van der Waals surface area (Å²) in [4.78, 5) is 0. The van der Waals surface area contributed by atoms with E-state index in [1.165, 1.54) is 18.2 Å². The zero-order valence-electron chi connectivity index (χ0n) is 19.4. The van der Waals surface area contributed by atoms with Gasteiger partial charge in [-0.05, 0) is 46.0 Å². The minimum absolute atomic E-state index is 0.0681. The van der Waals surface area contributed by atoms with Crippen LogP contribution in [0.5, 0.6) is 0 Å². The summed E-state index contributed by atoms with van der Waals surface area (Å²) in [5.41, 5.74) is -7.99. The van der Waals surface area contributed by atoms with Gasteiger partial charge in [-0.3, -0.25) is 0 Å². The maximum atomic E-state index is 15.2. The first-order valence-corrected chi connectivity index (χ1v) is 11.1. The Balaban J connectivity index is 2.06. The highest BCUT2D eigenvalue weighted by Gasteiger charge is 2.43. The molecule has 206 valence electrons. The van der Waals surface area contributed by atoms with Crippen molar-refractivity contribution in [1.82, 2.24) is 0 Å². The molecule has 0 fully saturated rings. The summed E-state index contributed by atoms with van der Waals surface area (Å²) in [6.07, 6.45) is -1.29. The van der Waals surface area contributed by atoms with Crippen LogP contribution in [0.4, 0.5) is 52.7 Å². The van der Waals surface area contributed by atoms with Gasteiger partial charge >= 0.3 is 6.18 Å². The second kappa shape index (κ2) is 9.46. The zero-order chi connectivity index (χ0) is 29.3. The van der Waals surface area contributed by atoms with Crippen LogP contribution in [-0.2, 0) is 12.6 Å². The third-order valence-corrected chi connectivity index (χ3v) is 6.41. The quantitative estimate of drug-likeness (QED) is 0.165. The summed E-state index contributed by atoms with van der Waals surface area (Å²) in [7, 11) is 0. The lowest BCUT2D eigenvalue weighted by Gasteiger charge is -2.23. The molecule has 0 nitrogen and oxygen atoms in total. The fourth-order valence-electron chi connectivity index (χ4n) is 4.79. The maximum absolute atomic E-state index is 15.2. The molecule has 12 heteroatoms. The fraction of sp³-hybridized carbons (Fsp3) is 0.0714. The largest absolute Gasteiger partial charge is 0.422 e. The molecule has 0 atom stereocenters. The fourth-order valence-corrected chi connectivity index (χ4v) is 4.79. The average Bonchev–Trinajstić information content (AvgIpc) is 3.12. The standard InChI is InChI=1S/C28H10F12/c29-10-6-7-13-14(8-10)18(20-24(34)26(36)21(28(38,39)40)27(37)25(20)35)12-5-3-1-2-4-11(12)17(13)19-22(32)15(30)9-16(31)23(19)33/h1-3,5-9H,4H2. The van der Waals surface area contributed by atoms with Crippen LogP contribution in [0.25, 0.3) is 39.1 Å². The summed E-state index contributed by atoms with van der Waals surface area (Å²) >= 11 is 0. The Morgan fingerprint density at radius 2 is 1.12 bits per heavy atom. The summed E-state index contributed by atoms with van der Waals surface area (Å²) in [6, 6.07) is 2.02. The molecule has 0 aromatic heterocycles. The molecule has 5 rings (SSSR count). The molecule has 40 heavy (non-hydrogen) atoms. The number of hydrogen-bond donors (Lipinski definition) is 0. The van der Waals surface area contributed by atoms with Crippen molar-refractivity contribution < 1.29 is 52.7 Å². The number of hydrogen-bond acceptors (Lipinski definition) is 0. The number of allylic oxidation sites excluding steroid dienone is 3. The van der Waals surface area contributed by atoms with Crippen LogP contribution in [-0.4, -0.2) is 0 Å².